The zero-order chi connectivity index (χ0) is 33.3. The van der Waals surface area contributed by atoms with Crippen molar-refractivity contribution in [1.29, 1.82) is 0 Å². The van der Waals surface area contributed by atoms with Crippen LogP contribution in [-0.4, -0.2) is 95.5 Å². The number of amides is 4. The van der Waals surface area contributed by atoms with Crippen LogP contribution in [0.15, 0.2) is 36.4 Å². The number of rotatable bonds is 7. The summed E-state index contributed by atoms with van der Waals surface area (Å²) in [6, 6.07) is 9.83. The van der Waals surface area contributed by atoms with Crippen molar-refractivity contribution in [2.45, 2.75) is 83.6 Å². The van der Waals surface area contributed by atoms with Crippen molar-refractivity contribution < 1.29 is 33.0 Å². The molecule has 47 heavy (non-hydrogen) atoms. The van der Waals surface area contributed by atoms with E-state index < -0.39 is 17.6 Å². The van der Waals surface area contributed by atoms with Crippen LogP contribution in [0.1, 0.15) is 74.4 Å². The lowest BCUT2D eigenvalue weighted by Gasteiger charge is -2.39. The summed E-state index contributed by atoms with van der Waals surface area (Å²) in [6.07, 6.45) is 3.30. The molecule has 0 radical (unpaired) electrons. The highest BCUT2D eigenvalue weighted by atomic mass is 19.1. The topological polar surface area (TPSA) is 112 Å². The SMILES string of the molecule is CC(C)(C)OC(=O)N1CCN(c2ccc(F)cc2CN2CCCC[C@@H]2COc2ccc3c(c2)CN(C2CCC(=O)NC2=O)C3=O)CC1. The summed E-state index contributed by atoms with van der Waals surface area (Å²) in [5, 5.41) is 2.34. The second kappa shape index (κ2) is 13.5. The van der Waals surface area contributed by atoms with Crippen LogP contribution in [0.2, 0.25) is 0 Å². The van der Waals surface area contributed by atoms with Gasteiger partial charge in [0, 0.05) is 63.0 Å². The predicted octanol–water partition coefficient (Wildman–Crippen LogP) is 4.08. The highest BCUT2D eigenvalue weighted by Crippen LogP contribution is 2.32. The molecule has 1 unspecified atom stereocenters. The summed E-state index contributed by atoms with van der Waals surface area (Å²) in [6.45, 7) is 10.1. The number of imide groups is 1. The van der Waals surface area contributed by atoms with Gasteiger partial charge in [-0.1, -0.05) is 6.42 Å². The second-order valence-electron chi connectivity index (χ2n) is 13.9. The van der Waals surface area contributed by atoms with E-state index in [9.17, 15) is 23.6 Å². The molecule has 0 aliphatic carbocycles. The van der Waals surface area contributed by atoms with Gasteiger partial charge in [-0.05, 0) is 94.1 Å². The molecule has 2 aromatic rings. The van der Waals surface area contributed by atoms with Crippen molar-refractivity contribution in [2.24, 2.45) is 0 Å². The average Bonchev–Trinajstić information content (AvgIpc) is 3.35. The Balaban J connectivity index is 1.08. The number of halogens is 1. The number of piperazine rings is 1. The number of nitrogens with zero attached hydrogens (tertiary/aromatic N) is 4. The van der Waals surface area contributed by atoms with Crippen LogP contribution in [0.5, 0.6) is 5.75 Å². The molecule has 3 saturated heterocycles. The van der Waals surface area contributed by atoms with E-state index in [4.69, 9.17) is 9.47 Å². The molecule has 3 fully saturated rings. The molecule has 0 bridgehead atoms. The van der Waals surface area contributed by atoms with Crippen LogP contribution in [0, 0.1) is 5.82 Å². The van der Waals surface area contributed by atoms with Gasteiger partial charge in [-0.3, -0.25) is 24.6 Å². The Bertz CT molecular complexity index is 1530. The van der Waals surface area contributed by atoms with Crippen molar-refractivity contribution >= 4 is 29.5 Å². The van der Waals surface area contributed by atoms with E-state index in [1.54, 1.807) is 23.1 Å². The molecule has 2 atom stereocenters. The van der Waals surface area contributed by atoms with E-state index >= 15 is 0 Å². The van der Waals surface area contributed by atoms with Gasteiger partial charge in [0.2, 0.25) is 11.8 Å². The molecule has 1 N–H and O–H groups in total. The number of carbonyl (C=O) groups is 4. The maximum absolute atomic E-state index is 14.6. The van der Waals surface area contributed by atoms with E-state index in [-0.39, 0.29) is 36.2 Å². The fraction of sp³-hybridized carbons (Fsp3) is 0.543. The molecule has 252 valence electrons. The van der Waals surface area contributed by atoms with Gasteiger partial charge in [0.1, 0.15) is 29.8 Å². The first-order chi connectivity index (χ1) is 22.4. The summed E-state index contributed by atoms with van der Waals surface area (Å²) in [7, 11) is 0. The lowest BCUT2D eigenvalue weighted by Crippen LogP contribution is -2.52. The Morgan fingerprint density at radius 2 is 1.77 bits per heavy atom. The van der Waals surface area contributed by atoms with Crippen LogP contribution in [0.4, 0.5) is 14.9 Å². The maximum atomic E-state index is 14.6. The third kappa shape index (κ3) is 7.53. The fourth-order valence-electron chi connectivity index (χ4n) is 6.95. The number of fused-ring (bicyclic) bond motifs is 1. The van der Waals surface area contributed by atoms with Gasteiger partial charge in [-0.2, -0.15) is 0 Å². The van der Waals surface area contributed by atoms with Crippen LogP contribution < -0.4 is 15.0 Å². The van der Waals surface area contributed by atoms with Crippen LogP contribution in [-0.2, 0) is 27.4 Å². The summed E-state index contributed by atoms with van der Waals surface area (Å²) < 4.78 is 26.4. The van der Waals surface area contributed by atoms with Crippen molar-refractivity contribution in [3.63, 3.8) is 0 Å². The first-order valence-electron chi connectivity index (χ1n) is 16.6. The minimum atomic E-state index is -0.658. The van der Waals surface area contributed by atoms with E-state index in [1.807, 2.05) is 32.9 Å². The van der Waals surface area contributed by atoms with Gasteiger partial charge >= 0.3 is 6.09 Å². The van der Waals surface area contributed by atoms with Crippen LogP contribution in [0.25, 0.3) is 0 Å². The molecule has 0 aromatic heterocycles. The second-order valence-corrected chi connectivity index (χ2v) is 13.9. The van der Waals surface area contributed by atoms with Crippen molar-refractivity contribution in [2.75, 3.05) is 44.2 Å². The van der Waals surface area contributed by atoms with Gasteiger partial charge in [-0.15, -0.1) is 0 Å². The number of ether oxygens (including phenoxy) is 2. The van der Waals surface area contributed by atoms with Gasteiger partial charge in [-0.25, -0.2) is 9.18 Å². The summed E-state index contributed by atoms with van der Waals surface area (Å²) >= 11 is 0. The quantitative estimate of drug-likeness (QED) is 0.447. The largest absolute Gasteiger partial charge is 0.492 e. The fourth-order valence-corrected chi connectivity index (χ4v) is 6.95. The summed E-state index contributed by atoms with van der Waals surface area (Å²) in [5.41, 5.74) is 2.68. The third-order valence-corrected chi connectivity index (χ3v) is 9.37. The smallest absolute Gasteiger partial charge is 0.410 e. The number of nitrogens with one attached hydrogen (secondary N) is 1. The molecule has 11 nitrogen and oxygen atoms in total. The first kappa shape index (κ1) is 32.7. The summed E-state index contributed by atoms with van der Waals surface area (Å²) in [4.78, 5) is 57.5. The van der Waals surface area contributed by atoms with E-state index in [0.717, 1.165) is 42.6 Å². The Morgan fingerprint density at radius 1 is 0.979 bits per heavy atom. The molecule has 0 saturated carbocycles. The number of likely N-dealkylation sites (tertiary alicyclic amines) is 1. The molecule has 4 aliphatic rings. The molecule has 4 heterocycles. The van der Waals surface area contributed by atoms with E-state index in [1.165, 1.54) is 11.0 Å². The normalized spacial score (nSPS) is 22.3. The van der Waals surface area contributed by atoms with Gasteiger partial charge in [0.25, 0.3) is 5.91 Å². The number of piperidine rings is 2. The number of benzene rings is 2. The number of hydrogen-bond donors (Lipinski definition) is 1. The Kier molecular flexibility index (Phi) is 9.41. The monoisotopic (exact) mass is 649 g/mol. The van der Waals surface area contributed by atoms with Crippen LogP contribution >= 0.6 is 0 Å². The van der Waals surface area contributed by atoms with Gasteiger partial charge in [0.15, 0.2) is 0 Å². The molecule has 4 amide bonds. The number of anilines is 1. The minimum Gasteiger partial charge on any atom is -0.492 e. The van der Waals surface area contributed by atoms with Gasteiger partial charge < -0.3 is 24.2 Å². The molecule has 4 aliphatic heterocycles. The molecular formula is C35H44FN5O6. The number of carbonyl (C=O) groups excluding carboxylic acids is 4. The lowest BCUT2D eigenvalue weighted by atomic mass is 10.0. The van der Waals surface area contributed by atoms with Crippen LogP contribution in [0.3, 0.4) is 0 Å². The van der Waals surface area contributed by atoms with Crippen molar-refractivity contribution in [3.05, 3.63) is 58.9 Å². The molecule has 2 aromatic carbocycles. The van der Waals surface area contributed by atoms with Crippen molar-refractivity contribution in [1.82, 2.24) is 20.0 Å². The van der Waals surface area contributed by atoms with Gasteiger partial charge in [0.05, 0.1) is 0 Å². The molecule has 0 spiro atoms. The Labute approximate surface area is 274 Å². The standard InChI is InChI=1S/C35H44FN5O6/c1-35(2,3)47-34(45)39-16-14-38(15-17-39)29-10-7-25(36)18-24(29)20-40-13-5-4-6-26(40)22-46-27-8-9-28-23(19-27)21-41(33(28)44)30-11-12-31(42)37-32(30)43/h7-10,18-19,26,30H,4-6,11-17,20-22H2,1-3H3,(H,37,42,43)/t26-,30?/m1/s1. The lowest BCUT2D eigenvalue weighted by molar-refractivity contribution is -0.136. The predicted molar refractivity (Wildman–Crippen MR) is 172 cm³/mol. The zero-order valence-corrected chi connectivity index (χ0v) is 27.4. The zero-order valence-electron chi connectivity index (χ0n) is 27.4. The third-order valence-electron chi connectivity index (χ3n) is 9.37. The number of hydrogen-bond acceptors (Lipinski definition) is 8. The highest BCUT2D eigenvalue weighted by Gasteiger charge is 2.39. The van der Waals surface area contributed by atoms with Crippen molar-refractivity contribution in [3.8, 4) is 5.75 Å². The first-order valence-corrected chi connectivity index (χ1v) is 16.6. The molecular weight excluding hydrogens is 605 g/mol. The van der Waals surface area contributed by atoms with E-state index in [2.05, 4.69) is 15.1 Å². The molecule has 6 rings (SSSR count). The Morgan fingerprint density at radius 3 is 2.51 bits per heavy atom. The maximum Gasteiger partial charge on any atom is 0.410 e. The van der Waals surface area contributed by atoms with E-state index in [0.29, 0.717) is 63.6 Å². The summed E-state index contributed by atoms with van der Waals surface area (Å²) in [5.74, 6) is -0.575. The average molecular weight is 650 g/mol. The Hall–Kier alpha value is -4.19. The highest BCUT2D eigenvalue weighted by molar-refractivity contribution is 6.05. The molecule has 12 heteroatoms. The minimum absolute atomic E-state index is 0.124.